The van der Waals surface area contributed by atoms with Gasteiger partial charge in [-0.1, -0.05) is 18.2 Å². The minimum Gasteiger partial charge on any atom is -0.305 e. The number of amides is 1. The van der Waals surface area contributed by atoms with Crippen molar-refractivity contribution >= 4 is 17.3 Å². The molecule has 0 N–H and O–H groups in total. The van der Waals surface area contributed by atoms with Crippen LogP contribution in [0, 0.1) is 5.41 Å². The molecule has 1 unspecified atom stereocenters. The second kappa shape index (κ2) is 3.92. The van der Waals surface area contributed by atoms with Crippen LogP contribution in [-0.2, 0) is 4.79 Å². The molecule has 1 aromatic rings. The molecule has 18 heavy (non-hydrogen) atoms. The molecule has 1 saturated heterocycles. The topological polar surface area (TPSA) is 35.9 Å². The van der Waals surface area contributed by atoms with Gasteiger partial charge in [0.1, 0.15) is 5.41 Å². The molecule has 1 aromatic carbocycles. The van der Waals surface area contributed by atoms with Gasteiger partial charge in [0, 0.05) is 19.5 Å². The Morgan fingerprint density at radius 3 is 2.72 bits per heavy atom. The van der Waals surface area contributed by atoms with Crippen molar-refractivity contribution < 1.29 is 4.79 Å². The molecular weight excluding hydrogens is 226 g/mol. The molecule has 0 radical (unpaired) electrons. The second-order valence-corrected chi connectivity index (χ2v) is 5.32. The van der Waals surface area contributed by atoms with Crippen molar-refractivity contribution in [3.8, 4) is 0 Å². The molecule has 0 aliphatic carbocycles. The Balaban J connectivity index is 1.98. The van der Waals surface area contributed by atoms with Crippen LogP contribution in [0.25, 0.3) is 0 Å². The Hall–Kier alpha value is -1.68. The van der Waals surface area contributed by atoms with Crippen LogP contribution >= 0.6 is 0 Å². The summed E-state index contributed by atoms with van der Waals surface area (Å²) in [6.07, 6.45) is 0.877. The van der Waals surface area contributed by atoms with Gasteiger partial charge in [0.2, 0.25) is 0 Å². The molecule has 0 bridgehead atoms. The lowest BCUT2D eigenvalue weighted by atomic mass is 9.80. The lowest BCUT2D eigenvalue weighted by molar-refractivity contribution is -0.124. The van der Waals surface area contributed by atoms with Crippen molar-refractivity contribution in [1.29, 1.82) is 0 Å². The summed E-state index contributed by atoms with van der Waals surface area (Å²) >= 11 is 0. The van der Waals surface area contributed by atoms with E-state index >= 15 is 0 Å². The van der Waals surface area contributed by atoms with Gasteiger partial charge in [-0.05, 0) is 26.1 Å². The number of anilines is 1. The Kier molecular flexibility index (Phi) is 2.48. The molecule has 1 amide bonds. The standard InChI is InChI=1S/C14H17N3O/c1-14-10-16(2)9-8-12(14)15-17(13(14)18)11-6-4-3-5-7-11/h3-7H,8-10H2,1-2H3. The molecule has 2 aliphatic rings. The van der Waals surface area contributed by atoms with Crippen LogP contribution in [0.1, 0.15) is 13.3 Å². The summed E-state index contributed by atoms with van der Waals surface area (Å²) in [4.78, 5) is 14.8. The SMILES string of the molecule is CN1CCC2=NN(c3ccccc3)C(=O)C2(C)C1. The van der Waals surface area contributed by atoms with Gasteiger partial charge in [0.05, 0.1) is 11.4 Å². The van der Waals surface area contributed by atoms with Crippen LogP contribution in [-0.4, -0.2) is 36.7 Å². The summed E-state index contributed by atoms with van der Waals surface area (Å²) in [5.74, 6) is 0.0928. The number of para-hydroxylation sites is 1. The minimum absolute atomic E-state index is 0.0928. The largest absolute Gasteiger partial charge is 0.305 e. The maximum Gasteiger partial charge on any atom is 0.260 e. The van der Waals surface area contributed by atoms with E-state index in [0.717, 1.165) is 30.9 Å². The van der Waals surface area contributed by atoms with Crippen molar-refractivity contribution in [3.63, 3.8) is 0 Å². The van der Waals surface area contributed by atoms with Gasteiger partial charge in [-0.15, -0.1) is 0 Å². The smallest absolute Gasteiger partial charge is 0.260 e. The molecule has 94 valence electrons. The lowest BCUT2D eigenvalue weighted by Crippen LogP contribution is -2.49. The fraction of sp³-hybridized carbons (Fsp3) is 0.429. The Morgan fingerprint density at radius 1 is 1.28 bits per heavy atom. The van der Waals surface area contributed by atoms with Crippen molar-refractivity contribution in [3.05, 3.63) is 30.3 Å². The summed E-state index contributed by atoms with van der Waals surface area (Å²) in [5, 5.41) is 6.11. The molecule has 2 heterocycles. The third kappa shape index (κ3) is 1.56. The van der Waals surface area contributed by atoms with E-state index in [-0.39, 0.29) is 5.91 Å². The Bertz CT molecular complexity index is 511. The van der Waals surface area contributed by atoms with Crippen molar-refractivity contribution in [2.75, 3.05) is 25.1 Å². The van der Waals surface area contributed by atoms with E-state index in [4.69, 9.17) is 0 Å². The van der Waals surface area contributed by atoms with Crippen LogP contribution in [0.4, 0.5) is 5.69 Å². The number of carbonyl (C=O) groups is 1. The number of carbonyl (C=O) groups excluding carboxylic acids is 1. The highest BCUT2D eigenvalue weighted by atomic mass is 16.2. The zero-order chi connectivity index (χ0) is 12.8. The third-order valence-electron chi connectivity index (χ3n) is 3.84. The van der Waals surface area contributed by atoms with Gasteiger partial charge in [-0.2, -0.15) is 10.1 Å². The minimum atomic E-state index is -0.442. The number of hydrazone groups is 1. The maximum absolute atomic E-state index is 12.6. The van der Waals surface area contributed by atoms with Crippen LogP contribution in [0.3, 0.4) is 0 Å². The van der Waals surface area contributed by atoms with Gasteiger partial charge >= 0.3 is 0 Å². The third-order valence-corrected chi connectivity index (χ3v) is 3.84. The van der Waals surface area contributed by atoms with Crippen molar-refractivity contribution in [2.24, 2.45) is 10.5 Å². The molecule has 2 aliphatic heterocycles. The molecule has 1 fully saturated rings. The second-order valence-electron chi connectivity index (χ2n) is 5.32. The molecule has 3 rings (SSSR count). The fourth-order valence-electron chi connectivity index (χ4n) is 2.78. The highest BCUT2D eigenvalue weighted by Crippen LogP contribution is 2.36. The van der Waals surface area contributed by atoms with E-state index in [1.54, 1.807) is 5.01 Å². The first-order chi connectivity index (χ1) is 8.61. The van der Waals surface area contributed by atoms with Crippen LogP contribution in [0.2, 0.25) is 0 Å². The van der Waals surface area contributed by atoms with Crippen molar-refractivity contribution in [1.82, 2.24) is 4.90 Å². The molecule has 4 nitrogen and oxygen atoms in total. The van der Waals surface area contributed by atoms with Gasteiger partial charge in [0.25, 0.3) is 5.91 Å². The zero-order valence-corrected chi connectivity index (χ0v) is 10.8. The summed E-state index contributed by atoms with van der Waals surface area (Å²) in [7, 11) is 2.06. The first-order valence-corrected chi connectivity index (χ1v) is 6.27. The van der Waals surface area contributed by atoms with Crippen LogP contribution in [0.15, 0.2) is 35.4 Å². The van der Waals surface area contributed by atoms with E-state index in [9.17, 15) is 4.79 Å². The first-order valence-electron chi connectivity index (χ1n) is 6.27. The average Bonchev–Trinajstić information content (AvgIpc) is 2.63. The normalized spacial score (nSPS) is 28.2. The number of benzene rings is 1. The highest BCUT2D eigenvalue weighted by Gasteiger charge is 2.49. The van der Waals surface area contributed by atoms with Gasteiger partial charge in [-0.25, -0.2) is 0 Å². The number of nitrogens with zero attached hydrogens (tertiary/aromatic N) is 3. The Morgan fingerprint density at radius 2 is 2.00 bits per heavy atom. The molecule has 1 atom stereocenters. The molecular formula is C14H17N3O. The number of likely N-dealkylation sites (tertiary alicyclic amines) is 1. The van der Waals surface area contributed by atoms with E-state index in [2.05, 4.69) is 17.0 Å². The molecule has 0 saturated carbocycles. The van der Waals surface area contributed by atoms with Crippen LogP contribution < -0.4 is 5.01 Å². The number of hydrogen-bond donors (Lipinski definition) is 0. The van der Waals surface area contributed by atoms with Crippen LogP contribution in [0.5, 0.6) is 0 Å². The monoisotopic (exact) mass is 243 g/mol. The van der Waals surface area contributed by atoms with Gasteiger partial charge < -0.3 is 4.90 Å². The summed E-state index contributed by atoms with van der Waals surface area (Å²) < 4.78 is 0. The maximum atomic E-state index is 12.6. The molecule has 0 spiro atoms. The number of hydrogen-bond acceptors (Lipinski definition) is 3. The van der Waals surface area contributed by atoms with E-state index in [0.29, 0.717) is 0 Å². The zero-order valence-electron chi connectivity index (χ0n) is 10.8. The first kappa shape index (κ1) is 11.4. The highest BCUT2D eigenvalue weighted by molar-refractivity contribution is 6.19. The van der Waals surface area contributed by atoms with Gasteiger partial charge in [-0.3, -0.25) is 4.79 Å². The fourth-order valence-corrected chi connectivity index (χ4v) is 2.78. The Labute approximate surface area is 107 Å². The molecule has 0 aromatic heterocycles. The quantitative estimate of drug-likeness (QED) is 0.753. The van der Waals surface area contributed by atoms with E-state index in [1.165, 1.54) is 0 Å². The number of rotatable bonds is 1. The molecule has 4 heteroatoms. The summed E-state index contributed by atoms with van der Waals surface area (Å²) in [6, 6.07) is 9.65. The predicted octanol–water partition coefficient (Wildman–Crippen LogP) is 1.73. The van der Waals surface area contributed by atoms with E-state index < -0.39 is 5.41 Å². The summed E-state index contributed by atoms with van der Waals surface area (Å²) in [6.45, 7) is 3.74. The average molecular weight is 243 g/mol. The number of fused-ring (bicyclic) bond motifs is 1. The van der Waals surface area contributed by atoms with E-state index in [1.807, 2.05) is 37.3 Å². The predicted molar refractivity (Wildman–Crippen MR) is 71.6 cm³/mol. The summed E-state index contributed by atoms with van der Waals surface area (Å²) in [5.41, 5.74) is 1.44. The van der Waals surface area contributed by atoms with Gasteiger partial charge in [0.15, 0.2) is 0 Å². The van der Waals surface area contributed by atoms with Crippen molar-refractivity contribution in [2.45, 2.75) is 13.3 Å². The number of piperidine rings is 1. The lowest BCUT2D eigenvalue weighted by Gasteiger charge is -2.34.